The largest absolute Gasteiger partial charge is 0.463 e. The Hall–Kier alpha value is -1.29. The van der Waals surface area contributed by atoms with Gasteiger partial charge in [0.25, 0.3) is 0 Å². The maximum Gasteiger partial charge on any atom is 0.373 e. The smallest absolute Gasteiger partial charge is 0.373 e. The molecule has 1 aliphatic carbocycles. The summed E-state index contributed by atoms with van der Waals surface area (Å²) < 4.78 is 10.2. The molecule has 20 heavy (non-hydrogen) atoms. The Labute approximate surface area is 120 Å². The normalized spacial score (nSPS) is 24.4. The van der Waals surface area contributed by atoms with Crippen LogP contribution >= 0.6 is 0 Å². The van der Waals surface area contributed by atoms with Crippen molar-refractivity contribution in [3.63, 3.8) is 0 Å². The molecule has 0 saturated heterocycles. The first kappa shape index (κ1) is 15.1. The Morgan fingerprint density at radius 1 is 1.40 bits per heavy atom. The highest BCUT2D eigenvalue weighted by molar-refractivity contribution is 5.86. The standard InChI is InChI=1S/C16H25NO3/c1-4-12-5-7-13(8-6-12)17-11(2)14-9-10-15(20-14)16(18)19-3/h9-13,17H,4-8H2,1-3H3. The molecule has 112 valence electrons. The van der Waals surface area contributed by atoms with Crippen molar-refractivity contribution in [2.75, 3.05) is 7.11 Å². The minimum absolute atomic E-state index is 0.122. The molecule has 0 aromatic carbocycles. The number of methoxy groups -OCH3 is 1. The highest BCUT2D eigenvalue weighted by Crippen LogP contribution is 2.28. The molecule has 4 heteroatoms. The summed E-state index contributed by atoms with van der Waals surface area (Å²) in [5.74, 6) is 1.54. The number of hydrogen-bond donors (Lipinski definition) is 1. The summed E-state index contributed by atoms with van der Waals surface area (Å²) in [7, 11) is 1.36. The van der Waals surface area contributed by atoms with E-state index in [0.29, 0.717) is 6.04 Å². The van der Waals surface area contributed by atoms with E-state index in [0.717, 1.165) is 11.7 Å². The molecule has 0 bridgehead atoms. The second-order valence-corrected chi connectivity index (χ2v) is 5.71. The van der Waals surface area contributed by atoms with Crippen LogP contribution < -0.4 is 5.32 Å². The van der Waals surface area contributed by atoms with Crippen LogP contribution in [0, 0.1) is 5.92 Å². The molecule has 1 fully saturated rings. The van der Waals surface area contributed by atoms with Crippen LogP contribution in [0.15, 0.2) is 16.5 Å². The SMILES string of the molecule is CCC1CCC(NC(C)c2ccc(C(=O)OC)o2)CC1. The van der Waals surface area contributed by atoms with Gasteiger partial charge in [-0.1, -0.05) is 13.3 Å². The average Bonchev–Trinajstić information content (AvgIpc) is 2.97. The molecule has 1 atom stereocenters. The summed E-state index contributed by atoms with van der Waals surface area (Å²) in [6.45, 7) is 4.35. The summed E-state index contributed by atoms with van der Waals surface area (Å²) in [6, 6.07) is 4.20. The molecule has 1 unspecified atom stereocenters. The fourth-order valence-corrected chi connectivity index (χ4v) is 2.97. The van der Waals surface area contributed by atoms with Crippen LogP contribution in [0.25, 0.3) is 0 Å². The molecule has 0 radical (unpaired) electrons. The van der Waals surface area contributed by atoms with Crippen LogP contribution in [-0.2, 0) is 4.74 Å². The number of nitrogens with one attached hydrogen (secondary N) is 1. The van der Waals surface area contributed by atoms with Gasteiger partial charge in [0.2, 0.25) is 5.76 Å². The van der Waals surface area contributed by atoms with Gasteiger partial charge >= 0.3 is 5.97 Å². The van der Waals surface area contributed by atoms with E-state index in [2.05, 4.69) is 23.9 Å². The molecule has 1 aromatic rings. The monoisotopic (exact) mass is 279 g/mol. The van der Waals surface area contributed by atoms with Gasteiger partial charge < -0.3 is 14.5 Å². The fraction of sp³-hybridized carbons (Fsp3) is 0.688. The Kier molecular flexibility index (Phi) is 5.24. The fourth-order valence-electron chi connectivity index (χ4n) is 2.97. The van der Waals surface area contributed by atoms with Gasteiger partial charge in [0.1, 0.15) is 5.76 Å². The average molecular weight is 279 g/mol. The van der Waals surface area contributed by atoms with E-state index in [4.69, 9.17) is 4.42 Å². The third-order valence-corrected chi connectivity index (χ3v) is 4.35. The lowest BCUT2D eigenvalue weighted by molar-refractivity contribution is 0.0562. The van der Waals surface area contributed by atoms with Crippen LogP contribution in [0.1, 0.15) is 68.3 Å². The van der Waals surface area contributed by atoms with Gasteiger partial charge in [0.05, 0.1) is 13.2 Å². The van der Waals surface area contributed by atoms with Crippen molar-refractivity contribution in [1.82, 2.24) is 5.32 Å². The molecular formula is C16H25NO3. The summed E-state index contributed by atoms with van der Waals surface area (Å²) in [5, 5.41) is 3.60. The third kappa shape index (κ3) is 3.63. The second-order valence-electron chi connectivity index (χ2n) is 5.71. The number of ether oxygens (including phenoxy) is 1. The van der Waals surface area contributed by atoms with Crippen molar-refractivity contribution in [3.05, 3.63) is 23.7 Å². The number of esters is 1. The topological polar surface area (TPSA) is 51.5 Å². The van der Waals surface area contributed by atoms with Crippen molar-refractivity contribution in [2.24, 2.45) is 5.92 Å². The second kappa shape index (κ2) is 6.93. The van der Waals surface area contributed by atoms with Crippen LogP contribution in [0.3, 0.4) is 0 Å². The molecule has 1 aromatic heterocycles. The molecule has 2 rings (SSSR count). The summed E-state index contributed by atoms with van der Waals surface area (Å²) in [5.41, 5.74) is 0. The predicted octanol–water partition coefficient (Wildman–Crippen LogP) is 3.69. The third-order valence-electron chi connectivity index (χ3n) is 4.35. The number of rotatable bonds is 5. The van der Waals surface area contributed by atoms with E-state index < -0.39 is 5.97 Å². The van der Waals surface area contributed by atoms with Gasteiger partial charge in [0, 0.05) is 6.04 Å². The lowest BCUT2D eigenvalue weighted by atomic mass is 9.84. The first-order valence-corrected chi connectivity index (χ1v) is 7.58. The van der Waals surface area contributed by atoms with Crippen molar-refractivity contribution < 1.29 is 13.9 Å². The van der Waals surface area contributed by atoms with Crippen LogP contribution in [-0.4, -0.2) is 19.1 Å². The lowest BCUT2D eigenvalue weighted by Crippen LogP contribution is -2.34. The minimum atomic E-state index is -0.424. The predicted molar refractivity (Wildman–Crippen MR) is 77.6 cm³/mol. The Bertz CT molecular complexity index is 433. The van der Waals surface area contributed by atoms with E-state index in [9.17, 15) is 4.79 Å². The van der Waals surface area contributed by atoms with E-state index in [1.165, 1.54) is 39.2 Å². The van der Waals surface area contributed by atoms with E-state index in [-0.39, 0.29) is 11.8 Å². The minimum Gasteiger partial charge on any atom is -0.463 e. The first-order chi connectivity index (χ1) is 9.63. The van der Waals surface area contributed by atoms with Crippen LogP contribution in [0.5, 0.6) is 0 Å². The van der Waals surface area contributed by atoms with E-state index in [1.807, 2.05) is 6.07 Å². The zero-order chi connectivity index (χ0) is 14.5. The maximum absolute atomic E-state index is 11.4. The zero-order valence-corrected chi connectivity index (χ0v) is 12.6. The quantitative estimate of drug-likeness (QED) is 0.835. The lowest BCUT2D eigenvalue weighted by Gasteiger charge is -2.30. The van der Waals surface area contributed by atoms with Crippen molar-refractivity contribution in [2.45, 2.75) is 58.0 Å². The number of hydrogen-bond acceptors (Lipinski definition) is 4. The number of carbonyl (C=O) groups is 1. The van der Waals surface area contributed by atoms with Gasteiger partial charge in [0.15, 0.2) is 0 Å². The molecule has 0 aliphatic heterocycles. The van der Waals surface area contributed by atoms with Crippen molar-refractivity contribution in [3.8, 4) is 0 Å². The number of furan rings is 1. The Morgan fingerprint density at radius 2 is 2.10 bits per heavy atom. The summed E-state index contributed by atoms with van der Waals surface area (Å²) in [6.07, 6.45) is 6.38. The Morgan fingerprint density at radius 3 is 2.70 bits per heavy atom. The van der Waals surface area contributed by atoms with Gasteiger partial charge in [-0.2, -0.15) is 0 Å². The highest BCUT2D eigenvalue weighted by atomic mass is 16.5. The number of carbonyl (C=O) groups excluding carboxylic acids is 1. The van der Waals surface area contributed by atoms with Crippen LogP contribution in [0.4, 0.5) is 0 Å². The molecule has 4 nitrogen and oxygen atoms in total. The van der Waals surface area contributed by atoms with Crippen molar-refractivity contribution >= 4 is 5.97 Å². The molecule has 1 saturated carbocycles. The van der Waals surface area contributed by atoms with Gasteiger partial charge in [-0.15, -0.1) is 0 Å². The van der Waals surface area contributed by atoms with E-state index >= 15 is 0 Å². The molecule has 1 N–H and O–H groups in total. The molecule has 1 heterocycles. The molecule has 0 amide bonds. The summed E-state index contributed by atoms with van der Waals surface area (Å²) >= 11 is 0. The zero-order valence-electron chi connectivity index (χ0n) is 12.6. The Balaban J connectivity index is 1.87. The highest BCUT2D eigenvalue weighted by Gasteiger charge is 2.23. The van der Waals surface area contributed by atoms with Gasteiger partial charge in [-0.05, 0) is 50.7 Å². The van der Waals surface area contributed by atoms with Crippen LogP contribution in [0.2, 0.25) is 0 Å². The van der Waals surface area contributed by atoms with Crippen molar-refractivity contribution in [1.29, 1.82) is 0 Å². The van der Waals surface area contributed by atoms with E-state index in [1.54, 1.807) is 6.07 Å². The van der Waals surface area contributed by atoms with Gasteiger partial charge in [-0.3, -0.25) is 0 Å². The van der Waals surface area contributed by atoms with Gasteiger partial charge in [-0.25, -0.2) is 4.79 Å². The first-order valence-electron chi connectivity index (χ1n) is 7.58. The molecule has 0 spiro atoms. The maximum atomic E-state index is 11.4. The summed E-state index contributed by atoms with van der Waals surface area (Å²) in [4.78, 5) is 11.4. The molecule has 1 aliphatic rings. The molecular weight excluding hydrogens is 254 g/mol.